The first-order valence-corrected chi connectivity index (χ1v) is 11.3. The van der Waals surface area contributed by atoms with E-state index in [1.54, 1.807) is 12.1 Å². The number of carbonyl (C=O) groups excluding carboxylic acids is 4. The van der Waals surface area contributed by atoms with Gasteiger partial charge in [0.2, 0.25) is 11.8 Å². The molecule has 0 spiro atoms. The third-order valence-electron chi connectivity index (χ3n) is 5.22. The van der Waals surface area contributed by atoms with Crippen LogP contribution in [0.1, 0.15) is 39.1 Å². The molecule has 0 aromatic heterocycles. The van der Waals surface area contributed by atoms with E-state index in [9.17, 15) is 19.2 Å². The molecule has 11 nitrogen and oxygen atoms in total. The molecule has 2 N–H and O–H groups in total. The van der Waals surface area contributed by atoms with Crippen molar-refractivity contribution in [2.75, 3.05) is 59.5 Å². The van der Waals surface area contributed by atoms with Gasteiger partial charge in [-0.3, -0.25) is 29.4 Å². The number of piperidine rings is 1. The van der Waals surface area contributed by atoms with Crippen LogP contribution in [0.15, 0.2) is 18.2 Å². The maximum absolute atomic E-state index is 13.0. The summed E-state index contributed by atoms with van der Waals surface area (Å²) < 4.78 is 21.1. The predicted octanol–water partition coefficient (Wildman–Crippen LogP) is -0.502. The lowest BCUT2D eigenvalue weighted by Gasteiger charge is -2.27. The van der Waals surface area contributed by atoms with Gasteiger partial charge < -0.3 is 24.1 Å². The second-order valence-corrected chi connectivity index (χ2v) is 7.59. The molecule has 2 aliphatic rings. The Kier molecular flexibility index (Phi) is 10.3. The number of hydrogen-bond donors (Lipinski definition) is 2. The number of imide groups is 2. The summed E-state index contributed by atoms with van der Waals surface area (Å²) in [5, 5.41) is 10.7. The zero-order valence-corrected chi connectivity index (χ0v) is 19.2. The molecule has 1 aromatic rings. The fraction of sp³-hybridized carbons (Fsp3) is 0.500. The number of amides is 4. The molecule has 11 heteroatoms. The van der Waals surface area contributed by atoms with Crippen molar-refractivity contribution < 1.29 is 43.2 Å². The van der Waals surface area contributed by atoms with Gasteiger partial charge in [-0.05, 0) is 18.6 Å². The van der Waals surface area contributed by atoms with Crippen molar-refractivity contribution >= 4 is 23.6 Å². The van der Waals surface area contributed by atoms with Crippen LogP contribution >= 0.6 is 0 Å². The highest BCUT2D eigenvalue weighted by molar-refractivity contribution is 6.24. The number of hydrogen-bond acceptors (Lipinski definition) is 9. The van der Waals surface area contributed by atoms with E-state index in [1.165, 1.54) is 6.07 Å². The van der Waals surface area contributed by atoms with Gasteiger partial charge in [0.05, 0.1) is 64.0 Å². The molecule has 1 unspecified atom stereocenters. The van der Waals surface area contributed by atoms with E-state index in [0.717, 1.165) is 4.90 Å². The molecule has 0 saturated carbocycles. The maximum Gasteiger partial charge on any atom is 0.263 e. The van der Waals surface area contributed by atoms with Crippen LogP contribution in [0.2, 0.25) is 0 Å². The molecule has 1 aromatic carbocycles. The maximum atomic E-state index is 13.0. The molecule has 3 rings (SSSR count). The van der Waals surface area contributed by atoms with Crippen molar-refractivity contribution in [3.63, 3.8) is 0 Å². The zero-order valence-electron chi connectivity index (χ0n) is 19.2. The van der Waals surface area contributed by atoms with Crippen LogP contribution in [0.25, 0.3) is 0 Å². The lowest BCUT2D eigenvalue weighted by molar-refractivity contribution is -0.136. The highest BCUT2D eigenvalue weighted by atomic mass is 16.6. The van der Waals surface area contributed by atoms with E-state index < -0.39 is 29.7 Å². The lowest BCUT2D eigenvalue weighted by atomic mass is 10.0. The standard InChI is InChI=1S/C24H28N2O9/c27-8-10-33-12-14-35-16-15-34-13-11-32-9-2-4-17-3-1-5-18-21(17)24(31)26(23(18)30)19-6-7-20(28)25-22(19)29/h1,3,5,19,27H,6-16H2,(H,25,28,29). The van der Waals surface area contributed by atoms with Crippen LogP contribution in [-0.4, -0.2) is 99.1 Å². The minimum Gasteiger partial charge on any atom is -0.394 e. The summed E-state index contributed by atoms with van der Waals surface area (Å²) in [5.74, 6) is 3.44. The van der Waals surface area contributed by atoms with Crippen LogP contribution in [-0.2, 0) is 28.5 Å². The van der Waals surface area contributed by atoms with Gasteiger partial charge in [-0.1, -0.05) is 17.9 Å². The Morgan fingerprint density at radius 2 is 1.57 bits per heavy atom. The van der Waals surface area contributed by atoms with E-state index in [0.29, 0.717) is 51.8 Å². The van der Waals surface area contributed by atoms with E-state index in [2.05, 4.69) is 17.2 Å². The average Bonchev–Trinajstić information content (AvgIpc) is 3.10. The van der Waals surface area contributed by atoms with Crippen LogP contribution in [0.4, 0.5) is 0 Å². The topological polar surface area (TPSA) is 141 Å². The van der Waals surface area contributed by atoms with Crippen LogP contribution in [0.5, 0.6) is 0 Å². The number of aliphatic hydroxyl groups excluding tert-OH is 1. The number of carbonyl (C=O) groups is 4. The fourth-order valence-electron chi connectivity index (χ4n) is 3.60. The minimum absolute atomic E-state index is 0.0119. The Bertz CT molecular complexity index is 998. The number of nitrogens with one attached hydrogen (secondary N) is 1. The first kappa shape index (κ1) is 26.5. The van der Waals surface area contributed by atoms with E-state index >= 15 is 0 Å². The molecule has 1 saturated heterocycles. The molecule has 0 radical (unpaired) electrons. The predicted molar refractivity (Wildman–Crippen MR) is 120 cm³/mol. The van der Waals surface area contributed by atoms with Gasteiger partial charge in [0, 0.05) is 12.0 Å². The largest absolute Gasteiger partial charge is 0.394 e. The van der Waals surface area contributed by atoms with E-state index in [4.69, 9.17) is 24.1 Å². The Hall–Kier alpha value is -3.14. The van der Waals surface area contributed by atoms with Gasteiger partial charge in [-0.15, -0.1) is 0 Å². The van der Waals surface area contributed by atoms with Crippen LogP contribution < -0.4 is 5.32 Å². The number of nitrogens with zero attached hydrogens (tertiary/aromatic N) is 1. The molecular weight excluding hydrogens is 460 g/mol. The summed E-state index contributed by atoms with van der Waals surface area (Å²) >= 11 is 0. The Labute approximate surface area is 202 Å². The quantitative estimate of drug-likeness (QED) is 0.214. The minimum atomic E-state index is -1.02. The first-order chi connectivity index (χ1) is 17.0. The SMILES string of the molecule is O=C1CCC(N2C(=O)c3cccc(C#CCOCCOCCOCCOCCO)c3C2=O)C(=O)N1. The van der Waals surface area contributed by atoms with Crippen molar-refractivity contribution in [2.45, 2.75) is 18.9 Å². The highest BCUT2D eigenvalue weighted by Gasteiger charge is 2.45. The Morgan fingerprint density at radius 1 is 0.914 bits per heavy atom. The molecule has 0 aliphatic carbocycles. The van der Waals surface area contributed by atoms with Gasteiger partial charge in [-0.2, -0.15) is 0 Å². The summed E-state index contributed by atoms with van der Waals surface area (Å²) in [7, 11) is 0. The summed E-state index contributed by atoms with van der Waals surface area (Å²) in [4.78, 5) is 50.3. The zero-order chi connectivity index (χ0) is 25.0. The van der Waals surface area contributed by atoms with Crippen molar-refractivity contribution in [1.29, 1.82) is 0 Å². The molecule has 2 aliphatic heterocycles. The van der Waals surface area contributed by atoms with Gasteiger partial charge in [0.25, 0.3) is 11.8 Å². The van der Waals surface area contributed by atoms with Crippen molar-refractivity contribution in [3.05, 3.63) is 34.9 Å². The third-order valence-corrected chi connectivity index (χ3v) is 5.22. The fourth-order valence-corrected chi connectivity index (χ4v) is 3.60. The van der Waals surface area contributed by atoms with Crippen molar-refractivity contribution in [1.82, 2.24) is 10.2 Å². The smallest absolute Gasteiger partial charge is 0.263 e. The Morgan fingerprint density at radius 3 is 2.23 bits per heavy atom. The van der Waals surface area contributed by atoms with Crippen molar-refractivity contribution in [2.24, 2.45) is 0 Å². The molecule has 1 atom stereocenters. The molecular formula is C24H28N2O9. The summed E-state index contributed by atoms with van der Waals surface area (Å²) in [6.45, 7) is 2.74. The molecule has 0 bridgehead atoms. The van der Waals surface area contributed by atoms with Gasteiger partial charge in [0.1, 0.15) is 12.6 Å². The summed E-state index contributed by atoms with van der Waals surface area (Å²) in [6, 6.07) is 3.75. The first-order valence-electron chi connectivity index (χ1n) is 11.3. The molecule has 188 valence electrons. The second kappa shape index (κ2) is 13.7. The third kappa shape index (κ3) is 7.17. The number of benzene rings is 1. The van der Waals surface area contributed by atoms with Gasteiger partial charge >= 0.3 is 0 Å². The molecule has 35 heavy (non-hydrogen) atoms. The van der Waals surface area contributed by atoms with Crippen LogP contribution in [0.3, 0.4) is 0 Å². The van der Waals surface area contributed by atoms with E-state index in [-0.39, 0.29) is 37.2 Å². The van der Waals surface area contributed by atoms with Gasteiger partial charge in [0.15, 0.2) is 0 Å². The lowest BCUT2D eigenvalue weighted by Crippen LogP contribution is -2.54. The Balaban J connectivity index is 1.42. The summed E-state index contributed by atoms with van der Waals surface area (Å²) in [6.07, 6.45) is 0.156. The number of aliphatic hydroxyl groups is 1. The number of fused-ring (bicyclic) bond motifs is 1. The normalized spacial score (nSPS) is 17.3. The van der Waals surface area contributed by atoms with Gasteiger partial charge in [-0.25, -0.2) is 0 Å². The average molecular weight is 488 g/mol. The number of ether oxygens (including phenoxy) is 4. The molecule has 4 amide bonds. The summed E-state index contributed by atoms with van der Waals surface area (Å²) in [5.41, 5.74) is 0.707. The second-order valence-electron chi connectivity index (χ2n) is 7.59. The highest BCUT2D eigenvalue weighted by Crippen LogP contribution is 2.29. The monoisotopic (exact) mass is 488 g/mol. The number of rotatable bonds is 13. The van der Waals surface area contributed by atoms with Crippen molar-refractivity contribution in [3.8, 4) is 11.8 Å². The molecule has 2 heterocycles. The van der Waals surface area contributed by atoms with E-state index in [1.807, 2.05) is 0 Å². The molecule has 1 fully saturated rings. The van der Waals surface area contributed by atoms with Crippen LogP contribution in [0, 0.1) is 11.8 Å².